The van der Waals surface area contributed by atoms with E-state index in [1.165, 1.54) is 0 Å². The number of amides is 2. The maximum Gasteiger partial charge on any atom is 0.318 e. The fourth-order valence-electron chi connectivity index (χ4n) is 2.59. The number of benzene rings is 1. The van der Waals surface area contributed by atoms with E-state index in [-0.39, 0.29) is 23.6 Å². The van der Waals surface area contributed by atoms with Gasteiger partial charge in [-0.15, -0.1) is 0 Å². The molecule has 1 aromatic carbocycles. The maximum absolute atomic E-state index is 12.4. The van der Waals surface area contributed by atoms with Crippen LogP contribution in [0.25, 0.3) is 0 Å². The highest BCUT2D eigenvalue weighted by atomic mass is 35.5. The van der Waals surface area contributed by atoms with Crippen LogP contribution in [0, 0.1) is 0 Å². The van der Waals surface area contributed by atoms with Crippen LogP contribution in [0.5, 0.6) is 0 Å². The van der Waals surface area contributed by atoms with E-state index in [0.29, 0.717) is 31.1 Å². The molecule has 2 rings (SSSR count). The van der Waals surface area contributed by atoms with Crippen molar-refractivity contribution >= 4 is 27.5 Å². The lowest BCUT2D eigenvalue weighted by atomic mass is 10.2. The molecule has 1 fully saturated rings. The summed E-state index contributed by atoms with van der Waals surface area (Å²) in [6.45, 7) is 1.06. The molecule has 6 nitrogen and oxygen atoms in total. The van der Waals surface area contributed by atoms with Crippen molar-refractivity contribution in [2.45, 2.75) is 19.0 Å². The minimum Gasteiger partial charge on any atom is -0.383 e. The molecule has 1 aromatic rings. The molecule has 1 aliphatic heterocycles. The zero-order valence-electron chi connectivity index (χ0n) is 13.0. The smallest absolute Gasteiger partial charge is 0.318 e. The predicted octanol–water partition coefficient (Wildman–Crippen LogP) is 1.69. The number of methoxy groups -OCH3 is 1. The van der Waals surface area contributed by atoms with Gasteiger partial charge in [-0.2, -0.15) is 0 Å². The molecule has 128 valence electrons. The van der Waals surface area contributed by atoms with Gasteiger partial charge in [0.25, 0.3) is 0 Å². The van der Waals surface area contributed by atoms with Crippen LogP contribution in [0.2, 0.25) is 5.02 Å². The fraction of sp³-hybridized carbons (Fsp3) is 0.533. The summed E-state index contributed by atoms with van der Waals surface area (Å²) < 4.78 is 28.3. The topological polar surface area (TPSA) is 75.7 Å². The van der Waals surface area contributed by atoms with E-state index >= 15 is 0 Å². The Morgan fingerprint density at radius 1 is 1.48 bits per heavy atom. The van der Waals surface area contributed by atoms with E-state index in [1.54, 1.807) is 24.1 Å². The van der Waals surface area contributed by atoms with E-state index in [4.69, 9.17) is 16.3 Å². The van der Waals surface area contributed by atoms with Gasteiger partial charge in [-0.1, -0.05) is 23.7 Å². The Bertz CT molecular complexity index is 651. The molecule has 0 bridgehead atoms. The third kappa shape index (κ3) is 5.37. The fourth-order valence-corrected chi connectivity index (χ4v) is 4.53. The summed E-state index contributed by atoms with van der Waals surface area (Å²) >= 11 is 5.92. The lowest BCUT2D eigenvalue weighted by molar-refractivity contribution is 0.133. The van der Waals surface area contributed by atoms with Gasteiger partial charge in [0.1, 0.15) is 0 Å². The van der Waals surface area contributed by atoms with Crippen molar-refractivity contribution in [2.75, 3.05) is 31.8 Å². The number of hydrogen-bond donors (Lipinski definition) is 1. The number of carbonyl (C=O) groups is 1. The number of ether oxygens (including phenoxy) is 1. The zero-order valence-corrected chi connectivity index (χ0v) is 14.6. The minimum absolute atomic E-state index is 0.0152. The molecule has 0 aromatic heterocycles. The molecule has 1 heterocycles. The van der Waals surface area contributed by atoms with Crippen LogP contribution in [0.15, 0.2) is 24.3 Å². The molecule has 0 radical (unpaired) electrons. The summed E-state index contributed by atoms with van der Waals surface area (Å²) in [4.78, 5) is 14.0. The van der Waals surface area contributed by atoms with E-state index < -0.39 is 9.84 Å². The first-order valence-corrected chi connectivity index (χ1v) is 9.59. The van der Waals surface area contributed by atoms with E-state index in [1.807, 2.05) is 12.1 Å². The molecule has 1 unspecified atom stereocenters. The van der Waals surface area contributed by atoms with Crippen LogP contribution in [-0.4, -0.2) is 57.2 Å². The van der Waals surface area contributed by atoms with Crippen molar-refractivity contribution < 1.29 is 17.9 Å². The van der Waals surface area contributed by atoms with Crippen molar-refractivity contribution in [3.63, 3.8) is 0 Å². The Hall–Kier alpha value is -1.31. The van der Waals surface area contributed by atoms with E-state index in [9.17, 15) is 13.2 Å². The number of hydrogen-bond acceptors (Lipinski definition) is 4. The van der Waals surface area contributed by atoms with Crippen LogP contribution in [0.1, 0.15) is 12.0 Å². The third-order valence-corrected chi connectivity index (χ3v) is 5.76. The Morgan fingerprint density at radius 2 is 2.26 bits per heavy atom. The lowest BCUT2D eigenvalue weighted by Crippen LogP contribution is -2.48. The highest BCUT2D eigenvalue weighted by Crippen LogP contribution is 2.18. The predicted molar refractivity (Wildman–Crippen MR) is 89.3 cm³/mol. The summed E-state index contributed by atoms with van der Waals surface area (Å²) in [5.74, 6) is 0.143. The van der Waals surface area contributed by atoms with Gasteiger partial charge in [-0.25, -0.2) is 13.2 Å². The summed E-state index contributed by atoms with van der Waals surface area (Å²) in [6.07, 6.45) is 0.469. The van der Waals surface area contributed by atoms with Gasteiger partial charge in [0.05, 0.1) is 18.1 Å². The van der Waals surface area contributed by atoms with Crippen molar-refractivity contribution in [1.29, 1.82) is 0 Å². The third-order valence-electron chi connectivity index (χ3n) is 3.78. The first kappa shape index (κ1) is 18.0. The Kier molecular flexibility index (Phi) is 6.26. The summed E-state index contributed by atoms with van der Waals surface area (Å²) in [6, 6.07) is 6.64. The second-order valence-corrected chi connectivity index (χ2v) is 8.20. The van der Waals surface area contributed by atoms with Crippen molar-refractivity contribution in [3.8, 4) is 0 Å². The molecule has 1 aliphatic rings. The number of halogens is 1. The minimum atomic E-state index is -3.05. The van der Waals surface area contributed by atoms with Gasteiger partial charge in [0.15, 0.2) is 9.84 Å². The van der Waals surface area contributed by atoms with Gasteiger partial charge >= 0.3 is 6.03 Å². The number of rotatable bonds is 6. The average Bonchev–Trinajstić information content (AvgIpc) is 2.85. The Labute approximate surface area is 141 Å². The van der Waals surface area contributed by atoms with Crippen LogP contribution in [0.4, 0.5) is 4.79 Å². The summed E-state index contributed by atoms with van der Waals surface area (Å²) in [5.41, 5.74) is 0.886. The second kappa shape index (κ2) is 7.99. The standard InChI is InChI=1S/C15H21ClN2O4S/c1-22-7-6-18(14-5-8-23(20,21)11-14)15(19)17-10-12-3-2-4-13(16)9-12/h2-4,9,14H,5-8,10-11H2,1H3,(H,17,19). The molecule has 1 saturated heterocycles. The maximum atomic E-state index is 12.4. The van der Waals surface area contributed by atoms with Gasteiger partial charge in [0, 0.05) is 31.3 Å². The van der Waals surface area contributed by atoms with E-state index in [0.717, 1.165) is 5.56 Å². The number of carbonyl (C=O) groups excluding carboxylic acids is 1. The highest BCUT2D eigenvalue weighted by molar-refractivity contribution is 7.91. The molecule has 23 heavy (non-hydrogen) atoms. The molecule has 0 saturated carbocycles. The molecule has 1 N–H and O–H groups in total. The molecule has 1 atom stereocenters. The quantitative estimate of drug-likeness (QED) is 0.837. The molecular formula is C15H21ClN2O4S. The number of nitrogens with one attached hydrogen (secondary N) is 1. The first-order valence-electron chi connectivity index (χ1n) is 7.39. The largest absolute Gasteiger partial charge is 0.383 e. The Balaban J connectivity index is 1.99. The van der Waals surface area contributed by atoms with E-state index in [2.05, 4.69) is 5.32 Å². The zero-order chi connectivity index (χ0) is 16.9. The first-order chi connectivity index (χ1) is 10.9. The monoisotopic (exact) mass is 360 g/mol. The number of nitrogens with zero attached hydrogens (tertiary/aromatic N) is 1. The van der Waals surface area contributed by atoms with Gasteiger partial charge in [-0.3, -0.25) is 0 Å². The molecule has 0 spiro atoms. The average molecular weight is 361 g/mol. The molecule has 2 amide bonds. The normalized spacial score (nSPS) is 19.5. The van der Waals surface area contributed by atoms with Crippen LogP contribution in [0.3, 0.4) is 0 Å². The summed E-state index contributed by atoms with van der Waals surface area (Å²) in [7, 11) is -1.50. The second-order valence-electron chi connectivity index (χ2n) is 5.53. The van der Waals surface area contributed by atoms with Crippen molar-refractivity contribution in [3.05, 3.63) is 34.9 Å². The Morgan fingerprint density at radius 3 is 2.87 bits per heavy atom. The van der Waals surface area contributed by atoms with Gasteiger partial charge in [-0.05, 0) is 24.1 Å². The van der Waals surface area contributed by atoms with Gasteiger partial charge in [0.2, 0.25) is 0 Å². The highest BCUT2D eigenvalue weighted by Gasteiger charge is 2.34. The number of urea groups is 1. The van der Waals surface area contributed by atoms with Crippen molar-refractivity contribution in [2.24, 2.45) is 0 Å². The SMILES string of the molecule is COCCN(C(=O)NCc1cccc(Cl)c1)C1CCS(=O)(=O)C1. The van der Waals surface area contributed by atoms with Crippen molar-refractivity contribution in [1.82, 2.24) is 10.2 Å². The lowest BCUT2D eigenvalue weighted by Gasteiger charge is -2.28. The van der Waals surface area contributed by atoms with Crippen LogP contribution in [-0.2, 0) is 21.1 Å². The molecular weight excluding hydrogens is 340 g/mol. The molecule has 0 aliphatic carbocycles. The summed E-state index contributed by atoms with van der Waals surface area (Å²) in [5, 5.41) is 3.42. The number of sulfone groups is 1. The van der Waals surface area contributed by atoms with Gasteiger partial charge < -0.3 is 15.0 Å². The molecule has 8 heteroatoms. The van der Waals surface area contributed by atoms with Crippen LogP contribution >= 0.6 is 11.6 Å². The van der Waals surface area contributed by atoms with Crippen LogP contribution < -0.4 is 5.32 Å².